The summed E-state index contributed by atoms with van der Waals surface area (Å²) in [6.07, 6.45) is 4.50. The molecule has 0 aliphatic heterocycles. The summed E-state index contributed by atoms with van der Waals surface area (Å²) in [6, 6.07) is 5.99. The molecule has 2 aromatic heterocycles. The van der Waals surface area contributed by atoms with Gasteiger partial charge in [-0.05, 0) is 19.1 Å². The average molecular weight is 216 g/mol. The molecule has 0 bridgehead atoms. The van der Waals surface area contributed by atoms with Crippen molar-refractivity contribution in [2.75, 3.05) is 6.54 Å². The van der Waals surface area contributed by atoms with E-state index in [9.17, 15) is 0 Å². The molecular formula is C12H16N4. The van der Waals surface area contributed by atoms with Crippen LogP contribution in [-0.4, -0.2) is 21.5 Å². The van der Waals surface area contributed by atoms with E-state index in [4.69, 9.17) is 0 Å². The molecule has 0 aromatic carbocycles. The number of aryl methyl sites for hydroxylation is 1. The van der Waals surface area contributed by atoms with Gasteiger partial charge in [-0.25, -0.2) is 4.98 Å². The molecule has 0 radical (unpaired) electrons. The van der Waals surface area contributed by atoms with E-state index >= 15 is 0 Å². The second-order valence-corrected chi connectivity index (χ2v) is 3.72. The largest absolute Gasteiger partial charge is 0.348 e. The van der Waals surface area contributed by atoms with E-state index in [1.165, 1.54) is 0 Å². The molecule has 0 unspecified atom stereocenters. The zero-order chi connectivity index (χ0) is 11.2. The maximum absolute atomic E-state index is 4.27. The molecule has 0 aliphatic rings. The molecule has 4 heteroatoms. The highest BCUT2D eigenvalue weighted by molar-refractivity contribution is 5.08. The van der Waals surface area contributed by atoms with Gasteiger partial charge in [0.25, 0.3) is 0 Å². The second kappa shape index (κ2) is 5.42. The lowest BCUT2D eigenvalue weighted by Gasteiger charge is -2.03. The SMILES string of the molecule is Cc1[nH]cnc1CNCCc1ccccn1. The molecule has 2 rings (SSSR count). The molecule has 0 fully saturated rings. The first-order valence-electron chi connectivity index (χ1n) is 5.46. The summed E-state index contributed by atoms with van der Waals surface area (Å²) in [5.74, 6) is 0. The second-order valence-electron chi connectivity index (χ2n) is 3.72. The number of pyridine rings is 1. The normalized spacial score (nSPS) is 10.6. The van der Waals surface area contributed by atoms with Gasteiger partial charge in [-0.1, -0.05) is 6.07 Å². The number of aromatic nitrogens is 3. The van der Waals surface area contributed by atoms with Gasteiger partial charge in [-0.3, -0.25) is 4.98 Å². The Morgan fingerprint density at radius 2 is 2.25 bits per heavy atom. The van der Waals surface area contributed by atoms with Gasteiger partial charge in [0.15, 0.2) is 0 Å². The Hall–Kier alpha value is -1.68. The monoisotopic (exact) mass is 216 g/mol. The van der Waals surface area contributed by atoms with Gasteiger partial charge in [0, 0.05) is 37.1 Å². The Kier molecular flexibility index (Phi) is 3.66. The Morgan fingerprint density at radius 3 is 2.94 bits per heavy atom. The third-order valence-corrected chi connectivity index (χ3v) is 2.51. The number of rotatable bonds is 5. The minimum absolute atomic E-state index is 0.808. The highest BCUT2D eigenvalue weighted by Gasteiger charge is 1.99. The third kappa shape index (κ3) is 2.90. The molecule has 2 N–H and O–H groups in total. The molecule has 16 heavy (non-hydrogen) atoms. The van der Waals surface area contributed by atoms with Crippen LogP contribution in [0.2, 0.25) is 0 Å². The van der Waals surface area contributed by atoms with Crippen LogP contribution in [0.4, 0.5) is 0 Å². The standard InChI is InChI=1S/C12H16N4/c1-10-12(16-9-15-10)8-13-7-5-11-4-2-3-6-14-11/h2-4,6,9,13H,5,7-8H2,1H3,(H,15,16). The highest BCUT2D eigenvalue weighted by Crippen LogP contribution is 1.99. The Morgan fingerprint density at radius 1 is 1.31 bits per heavy atom. The van der Waals surface area contributed by atoms with E-state index in [0.29, 0.717) is 0 Å². The minimum Gasteiger partial charge on any atom is -0.348 e. The summed E-state index contributed by atoms with van der Waals surface area (Å²) >= 11 is 0. The number of aromatic amines is 1. The lowest BCUT2D eigenvalue weighted by atomic mass is 10.2. The molecule has 4 nitrogen and oxygen atoms in total. The maximum Gasteiger partial charge on any atom is 0.0925 e. The highest BCUT2D eigenvalue weighted by atomic mass is 14.9. The number of hydrogen-bond acceptors (Lipinski definition) is 3. The zero-order valence-electron chi connectivity index (χ0n) is 9.40. The van der Waals surface area contributed by atoms with Crippen LogP contribution in [0.1, 0.15) is 17.1 Å². The van der Waals surface area contributed by atoms with Crippen molar-refractivity contribution >= 4 is 0 Å². The van der Waals surface area contributed by atoms with Gasteiger partial charge in [-0.2, -0.15) is 0 Å². The summed E-state index contributed by atoms with van der Waals surface area (Å²) in [5, 5.41) is 3.35. The quantitative estimate of drug-likeness (QED) is 0.744. The first-order valence-corrected chi connectivity index (χ1v) is 5.46. The molecule has 0 saturated heterocycles. The number of hydrogen-bond donors (Lipinski definition) is 2. The first kappa shape index (κ1) is 10.8. The lowest BCUT2D eigenvalue weighted by molar-refractivity contribution is 0.668. The van der Waals surface area contributed by atoms with Gasteiger partial charge in [0.05, 0.1) is 12.0 Å². The van der Waals surface area contributed by atoms with Crippen molar-refractivity contribution in [2.24, 2.45) is 0 Å². The van der Waals surface area contributed by atoms with Gasteiger partial charge in [-0.15, -0.1) is 0 Å². The number of H-pyrrole nitrogens is 1. The van der Waals surface area contributed by atoms with Crippen molar-refractivity contribution in [2.45, 2.75) is 19.9 Å². The summed E-state index contributed by atoms with van der Waals surface area (Å²) in [6.45, 7) is 3.76. The topological polar surface area (TPSA) is 53.6 Å². The molecule has 0 saturated carbocycles. The molecule has 0 spiro atoms. The van der Waals surface area contributed by atoms with E-state index in [-0.39, 0.29) is 0 Å². The van der Waals surface area contributed by atoms with Gasteiger partial charge >= 0.3 is 0 Å². The van der Waals surface area contributed by atoms with E-state index in [1.807, 2.05) is 31.3 Å². The van der Waals surface area contributed by atoms with Crippen LogP contribution in [0.15, 0.2) is 30.7 Å². The van der Waals surface area contributed by atoms with Crippen LogP contribution in [0.25, 0.3) is 0 Å². The predicted octanol–water partition coefficient (Wildman–Crippen LogP) is 1.45. The Bertz CT molecular complexity index is 422. The summed E-state index contributed by atoms with van der Waals surface area (Å²) in [5.41, 5.74) is 3.33. The van der Waals surface area contributed by atoms with Crippen LogP contribution >= 0.6 is 0 Å². The minimum atomic E-state index is 0.808. The summed E-state index contributed by atoms with van der Waals surface area (Å²) in [4.78, 5) is 11.6. The van der Waals surface area contributed by atoms with E-state index in [1.54, 1.807) is 6.33 Å². The fraction of sp³-hybridized carbons (Fsp3) is 0.333. The van der Waals surface area contributed by atoms with E-state index in [0.717, 1.165) is 36.6 Å². The zero-order valence-corrected chi connectivity index (χ0v) is 9.40. The molecule has 2 heterocycles. The molecule has 2 aromatic rings. The third-order valence-electron chi connectivity index (χ3n) is 2.51. The van der Waals surface area contributed by atoms with E-state index < -0.39 is 0 Å². The molecule has 0 atom stereocenters. The van der Waals surface area contributed by atoms with Crippen molar-refractivity contribution in [1.29, 1.82) is 0 Å². The van der Waals surface area contributed by atoms with Crippen molar-refractivity contribution < 1.29 is 0 Å². The predicted molar refractivity (Wildman–Crippen MR) is 63.0 cm³/mol. The Balaban J connectivity index is 1.72. The summed E-state index contributed by atoms with van der Waals surface area (Å²) < 4.78 is 0. The number of nitrogens with zero attached hydrogens (tertiary/aromatic N) is 2. The van der Waals surface area contributed by atoms with Crippen molar-refractivity contribution in [3.05, 3.63) is 47.8 Å². The van der Waals surface area contributed by atoms with Gasteiger partial charge < -0.3 is 10.3 Å². The lowest BCUT2D eigenvalue weighted by Crippen LogP contribution is -2.17. The van der Waals surface area contributed by atoms with Crippen LogP contribution < -0.4 is 5.32 Å². The fourth-order valence-corrected chi connectivity index (χ4v) is 1.53. The van der Waals surface area contributed by atoms with Gasteiger partial charge in [0.1, 0.15) is 0 Å². The van der Waals surface area contributed by atoms with Crippen LogP contribution in [0.5, 0.6) is 0 Å². The smallest absolute Gasteiger partial charge is 0.0925 e. The van der Waals surface area contributed by atoms with Crippen LogP contribution in [0.3, 0.4) is 0 Å². The van der Waals surface area contributed by atoms with Crippen molar-refractivity contribution in [1.82, 2.24) is 20.3 Å². The molecular weight excluding hydrogens is 200 g/mol. The number of nitrogens with one attached hydrogen (secondary N) is 2. The first-order chi connectivity index (χ1) is 7.86. The Labute approximate surface area is 95.1 Å². The fourth-order valence-electron chi connectivity index (χ4n) is 1.53. The van der Waals surface area contributed by atoms with Crippen molar-refractivity contribution in [3.63, 3.8) is 0 Å². The van der Waals surface area contributed by atoms with E-state index in [2.05, 4.69) is 20.3 Å². The number of imidazole rings is 1. The van der Waals surface area contributed by atoms with Crippen LogP contribution in [-0.2, 0) is 13.0 Å². The average Bonchev–Trinajstić information content (AvgIpc) is 2.72. The molecule has 0 amide bonds. The maximum atomic E-state index is 4.27. The van der Waals surface area contributed by atoms with Crippen molar-refractivity contribution in [3.8, 4) is 0 Å². The molecule has 84 valence electrons. The van der Waals surface area contributed by atoms with Crippen LogP contribution in [0, 0.1) is 6.92 Å². The van der Waals surface area contributed by atoms with Gasteiger partial charge in [0.2, 0.25) is 0 Å². The summed E-state index contributed by atoms with van der Waals surface area (Å²) in [7, 11) is 0. The molecule has 0 aliphatic carbocycles.